The highest BCUT2D eigenvalue weighted by Gasteiger charge is 2.34. The van der Waals surface area contributed by atoms with Crippen LogP contribution in [0.2, 0.25) is 0 Å². The smallest absolute Gasteiger partial charge is 0.328 e. The molecule has 0 aromatic heterocycles. The Morgan fingerprint density at radius 3 is 2.65 bits per heavy atom. The molecule has 0 radical (unpaired) electrons. The van der Waals surface area contributed by atoms with Crippen LogP contribution >= 0.6 is 0 Å². The molecule has 0 saturated carbocycles. The summed E-state index contributed by atoms with van der Waals surface area (Å²) in [5.74, 6) is -1.84. The van der Waals surface area contributed by atoms with E-state index in [9.17, 15) is 14.4 Å². The molecule has 1 rings (SSSR count). The highest BCUT2D eigenvalue weighted by molar-refractivity contribution is 5.89. The molecule has 0 bridgehead atoms. The standard InChI is InChI=1S/C10H16N2O5/c1-6(11-7(2)13)9(14)12-3-4-17-5-8(12)10(15)16/h6,8H,3-5H2,1-2H3,(H,11,13)(H,15,16). The molecule has 1 fully saturated rings. The molecule has 2 N–H and O–H groups in total. The second-order valence-corrected chi connectivity index (χ2v) is 3.88. The molecular formula is C10H16N2O5. The van der Waals surface area contributed by atoms with Crippen molar-refractivity contribution >= 4 is 17.8 Å². The van der Waals surface area contributed by atoms with Gasteiger partial charge in [0.1, 0.15) is 6.04 Å². The van der Waals surface area contributed by atoms with E-state index in [0.717, 1.165) is 0 Å². The molecule has 7 nitrogen and oxygen atoms in total. The van der Waals surface area contributed by atoms with Crippen LogP contribution in [0.3, 0.4) is 0 Å². The number of nitrogens with one attached hydrogen (secondary N) is 1. The molecule has 2 atom stereocenters. The van der Waals surface area contributed by atoms with Crippen molar-refractivity contribution in [2.45, 2.75) is 25.9 Å². The molecule has 2 unspecified atom stereocenters. The summed E-state index contributed by atoms with van der Waals surface area (Å²) in [5.41, 5.74) is 0. The Morgan fingerprint density at radius 2 is 2.12 bits per heavy atom. The normalized spacial score (nSPS) is 21.8. The first kappa shape index (κ1) is 13.4. The number of morpholine rings is 1. The number of hydrogen-bond acceptors (Lipinski definition) is 4. The highest BCUT2D eigenvalue weighted by Crippen LogP contribution is 2.09. The van der Waals surface area contributed by atoms with Gasteiger partial charge >= 0.3 is 5.97 Å². The van der Waals surface area contributed by atoms with E-state index < -0.39 is 24.0 Å². The zero-order valence-corrected chi connectivity index (χ0v) is 9.80. The van der Waals surface area contributed by atoms with E-state index in [2.05, 4.69) is 5.32 Å². The summed E-state index contributed by atoms with van der Waals surface area (Å²) < 4.78 is 5.02. The molecule has 1 aliphatic rings. The number of hydrogen-bond donors (Lipinski definition) is 2. The third kappa shape index (κ3) is 3.42. The SMILES string of the molecule is CC(=O)NC(C)C(=O)N1CCOCC1C(=O)O. The molecule has 1 saturated heterocycles. The summed E-state index contributed by atoms with van der Waals surface area (Å²) in [4.78, 5) is 35.0. The first-order chi connectivity index (χ1) is 7.93. The van der Waals surface area contributed by atoms with Gasteiger partial charge in [0.15, 0.2) is 6.04 Å². The first-order valence-electron chi connectivity index (χ1n) is 5.31. The minimum absolute atomic E-state index is 0.0200. The molecule has 2 amide bonds. The largest absolute Gasteiger partial charge is 0.480 e. The van der Waals surface area contributed by atoms with E-state index in [1.165, 1.54) is 18.7 Å². The van der Waals surface area contributed by atoms with Crippen LogP contribution in [-0.4, -0.2) is 59.6 Å². The second kappa shape index (κ2) is 5.62. The quantitative estimate of drug-likeness (QED) is 0.651. The summed E-state index contributed by atoms with van der Waals surface area (Å²) >= 11 is 0. The van der Waals surface area contributed by atoms with Gasteiger partial charge in [0, 0.05) is 13.5 Å². The van der Waals surface area contributed by atoms with Crippen LogP contribution in [-0.2, 0) is 19.1 Å². The number of rotatable bonds is 3. The van der Waals surface area contributed by atoms with Gasteiger partial charge in [-0.3, -0.25) is 9.59 Å². The maximum atomic E-state index is 11.9. The number of ether oxygens (including phenoxy) is 1. The monoisotopic (exact) mass is 244 g/mol. The van der Waals surface area contributed by atoms with E-state index in [1.54, 1.807) is 0 Å². The molecule has 1 heterocycles. The minimum Gasteiger partial charge on any atom is -0.480 e. The summed E-state index contributed by atoms with van der Waals surface area (Å²) in [5, 5.41) is 11.4. The third-order valence-electron chi connectivity index (χ3n) is 2.49. The van der Waals surface area contributed by atoms with Crippen molar-refractivity contribution in [3.05, 3.63) is 0 Å². The Balaban J connectivity index is 2.70. The van der Waals surface area contributed by atoms with Crippen molar-refractivity contribution in [3.8, 4) is 0 Å². The van der Waals surface area contributed by atoms with E-state index in [0.29, 0.717) is 6.61 Å². The van der Waals surface area contributed by atoms with Crippen LogP contribution in [0, 0.1) is 0 Å². The van der Waals surface area contributed by atoms with Gasteiger partial charge in [-0.1, -0.05) is 0 Å². The van der Waals surface area contributed by atoms with Crippen LogP contribution in [0.5, 0.6) is 0 Å². The lowest BCUT2D eigenvalue weighted by Crippen LogP contribution is -2.57. The third-order valence-corrected chi connectivity index (χ3v) is 2.49. The Bertz CT molecular complexity index is 331. The fourth-order valence-electron chi connectivity index (χ4n) is 1.69. The predicted octanol–water partition coefficient (Wildman–Crippen LogP) is -1.18. The van der Waals surface area contributed by atoms with Gasteiger partial charge in [-0.25, -0.2) is 4.79 Å². The van der Waals surface area contributed by atoms with Crippen molar-refractivity contribution in [2.24, 2.45) is 0 Å². The van der Waals surface area contributed by atoms with Gasteiger partial charge in [0.05, 0.1) is 13.2 Å². The predicted molar refractivity (Wildman–Crippen MR) is 57.2 cm³/mol. The molecule has 7 heteroatoms. The number of carbonyl (C=O) groups excluding carboxylic acids is 2. The van der Waals surface area contributed by atoms with Crippen molar-refractivity contribution in [1.82, 2.24) is 10.2 Å². The fourth-order valence-corrected chi connectivity index (χ4v) is 1.69. The van der Waals surface area contributed by atoms with Crippen molar-refractivity contribution in [1.29, 1.82) is 0 Å². The molecule has 96 valence electrons. The summed E-state index contributed by atoms with van der Waals surface area (Å²) in [6, 6.07) is -1.71. The van der Waals surface area contributed by atoms with Gasteiger partial charge in [-0.15, -0.1) is 0 Å². The highest BCUT2D eigenvalue weighted by atomic mass is 16.5. The lowest BCUT2D eigenvalue weighted by molar-refractivity contribution is -0.159. The number of aliphatic carboxylic acids is 1. The number of nitrogens with zero attached hydrogens (tertiary/aromatic N) is 1. The molecule has 0 spiro atoms. The molecular weight excluding hydrogens is 228 g/mol. The van der Waals surface area contributed by atoms with Gasteiger partial charge < -0.3 is 20.1 Å². The number of amides is 2. The maximum absolute atomic E-state index is 11.9. The van der Waals surface area contributed by atoms with Crippen LogP contribution in [0.4, 0.5) is 0 Å². The molecule has 0 aromatic carbocycles. The van der Waals surface area contributed by atoms with Crippen LogP contribution in [0.15, 0.2) is 0 Å². The number of carbonyl (C=O) groups is 3. The lowest BCUT2D eigenvalue weighted by Gasteiger charge is -2.34. The maximum Gasteiger partial charge on any atom is 0.328 e. The fraction of sp³-hybridized carbons (Fsp3) is 0.700. The van der Waals surface area contributed by atoms with E-state index in [-0.39, 0.29) is 19.1 Å². The zero-order chi connectivity index (χ0) is 13.0. The molecule has 17 heavy (non-hydrogen) atoms. The van der Waals surface area contributed by atoms with E-state index in [4.69, 9.17) is 9.84 Å². The van der Waals surface area contributed by atoms with Crippen LogP contribution in [0.25, 0.3) is 0 Å². The Kier molecular flexibility index (Phi) is 4.45. The summed E-state index contributed by atoms with van der Waals surface area (Å²) in [6.07, 6.45) is 0. The van der Waals surface area contributed by atoms with E-state index >= 15 is 0 Å². The van der Waals surface area contributed by atoms with Gasteiger partial charge in [-0.2, -0.15) is 0 Å². The minimum atomic E-state index is -1.10. The van der Waals surface area contributed by atoms with Gasteiger partial charge in [0.25, 0.3) is 0 Å². The number of carboxylic acid groups (broad SMARTS) is 1. The van der Waals surface area contributed by atoms with E-state index in [1.807, 2.05) is 0 Å². The van der Waals surface area contributed by atoms with Gasteiger partial charge in [-0.05, 0) is 6.92 Å². The van der Waals surface area contributed by atoms with Gasteiger partial charge in [0.2, 0.25) is 11.8 Å². The second-order valence-electron chi connectivity index (χ2n) is 3.88. The molecule has 0 aliphatic carbocycles. The first-order valence-corrected chi connectivity index (χ1v) is 5.31. The van der Waals surface area contributed by atoms with Crippen molar-refractivity contribution < 1.29 is 24.2 Å². The molecule has 0 aromatic rings. The Morgan fingerprint density at radius 1 is 1.47 bits per heavy atom. The zero-order valence-electron chi connectivity index (χ0n) is 9.80. The number of carboxylic acids is 1. The van der Waals surface area contributed by atoms with Crippen molar-refractivity contribution in [2.75, 3.05) is 19.8 Å². The Hall–Kier alpha value is -1.63. The van der Waals surface area contributed by atoms with Crippen LogP contribution < -0.4 is 5.32 Å². The average molecular weight is 244 g/mol. The molecule has 1 aliphatic heterocycles. The van der Waals surface area contributed by atoms with Crippen LogP contribution in [0.1, 0.15) is 13.8 Å². The lowest BCUT2D eigenvalue weighted by atomic mass is 10.2. The summed E-state index contributed by atoms with van der Waals surface area (Å²) in [7, 11) is 0. The average Bonchev–Trinajstić information content (AvgIpc) is 2.27. The topological polar surface area (TPSA) is 95.9 Å². The Labute approximate surface area is 98.7 Å². The summed E-state index contributed by atoms with van der Waals surface area (Å²) in [6.45, 7) is 3.34. The van der Waals surface area contributed by atoms with Crippen molar-refractivity contribution in [3.63, 3.8) is 0 Å².